The first-order valence-corrected chi connectivity index (χ1v) is 12.4. The summed E-state index contributed by atoms with van der Waals surface area (Å²) in [7, 11) is 4.43. The molecule has 2 heterocycles. The van der Waals surface area contributed by atoms with Crippen LogP contribution in [0.3, 0.4) is 0 Å². The van der Waals surface area contributed by atoms with Crippen LogP contribution < -0.4 is 15.1 Å². The molecule has 3 nitrogen and oxygen atoms in total. The molecule has 1 aliphatic rings. The van der Waals surface area contributed by atoms with Gasteiger partial charge in [-0.1, -0.05) is 47.0 Å². The van der Waals surface area contributed by atoms with Gasteiger partial charge in [-0.15, -0.1) is 0 Å². The molecule has 35 heavy (non-hydrogen) atoms. The van der Waals surface area contributed by atoms with Crippen molar-refractivity contribution in [2.75, 3.05) is 23.7 Å². The van der Waals surface area contributed by atoms with E-state index < -0.39 is 0 Å². The lowest BCUT2D eigenvalue weighted by Gasteiger charge is -2.27. The number of pyridine rings is 1. The Balaban J connectivity index is 1.57. The molecule has 4 heteroatoms. The molecule has 176 valence electrons. The molecule has 0 spiro atoms. The zero-order valence-electron chi connectivity index (χ0n) is 22.2. The lowest BCUT2D eigenvalue weighted by atomic mass is 9.62. The Morgan fingerprint density at radius 2 is 1.26 bits per heavy atom. The Labute approximate surface area is 210 Å². The van der Waals surface area contributed by atoms with Crippen LogP contribution in [-0.2, 0) is 0 Å². The van der Waals surface area contributed by atoms with E-state index in [2.05, 4.69) is 120 Å². The molecule has 0 atom stereocenters. The summed E-state index contributed by atoms with van der Waals surface area (Å²) in [4.78, 5) is 9.54. The Morgan fingerprint density at radius 1 is 0.600 bits per heavy atom. The highest BCUT2D eigenvalue weighted by Gasteiger charge is 2.39. The minimum Gasteiger partial charge on any atom is -0.393 e. The van der Waals surface area contributed by atoms with E-state index in [1.807, 2.05) is 6.20 Å². The first-order valence-electron chi connectivity index (χ1n) is 12.4. The van der Waals surface area contributed by atoms with Crippen LogP contribution in [0.4, 0.5) is 11.4 Å². The summed E-state index contributed by atoms with van der Waals surface area (Å²) >= 11 is 0. The molecule has 1 aliphatic heterocycles. The third-order valence-electron chi connectivity index (χ3n) is 7.68. The lowest BCUT2D eigenvalue weighted by Crippen LogP contribution is -2.55. The SMILES string of the molecule is Cc1cc(C)c(B2N(C)c3ccc(-c4cc(-c5cc(C)c(C)cn5)ccc4C)cc3N2C)c(C)c1. The van der Waals surface area contributed by atoms with Gasteiger partial charge in [-0.25, -0.2) is 0 Å². The molecule has 0 fully saturated rings. The zero-order valence-corrected chi connectivity index (χ0v) is 22.2. The summed E-state index contributed by atoms with van der Waals surface area (Å²) in [5, 5.41) is 0. The molecular formula is C31H34BN3. The van der Waals surface area contributed by atoms with Gasteiger partial charge in [-0.3, -0.25) is 4.98 Å². The Kier molecular flexibility index (Phi) is 5.71. The van der Waals surface area contributed by atoms with Crippen LogP contribution in [0.1, 0.15) is 33.4 Å². The minimum atomic E-state index is 0.188. The summed E-state index contributed by atoms with van der Waals surface area (Å²) in [5.41, 5.74) is 16.4. The van der Waals surface area contributed by atoms with Crippen molar-refractivity contribution < 1.29 is 0 Å². The van der Waals surface area contributed by atoms with E-state index in [0.717, 1.165) is 11.3 Å². The van der Waals surface area contributed by atoms with Gasteiger partial charge in [0.15, 0.2) is 0 Å². The van der Waals surface area contributed by atoms with Gasteiger partial charge in [-0.2, -0.15) is 0 Å². The third-order valence-corrected chi connectivity index (χ3v) is 7.68. The smallest absolute Gasteiger partial charge is 0.393 e. The summed E-state index contributed by atoms with van der Waals surface area (Å²) in [6.07, 6.45) is 1.97. The number of fused-ring (bicyclic) bond motifs is 1. The van der Waals surface area contributed by atoms with Gasteiger partial charge >= 0.3 is 6.98 Å². The van der Waals surface area contributed by atoms with E-state index in [0.29, 0.717) is 0 Å². The molecule has 3 aromatic carbocycles. The molecule has 0 bridgehead atoms. The molecule has 0 unspecified atom stereocenters. The van der Waals surface area contributed by atoms with Crippen LogP contribution in [-0.4, -0.2) is 26.1 Å². The maximum atomic E-state index is 4.70. The van der Waals surface area contributed by atoms with Gasteiger partial charge in [0.25, 0.3) is 0 Å². The second kappa shape index (κ2) is 8.60. The van der Waals surface area contributed by atoms with Gasteiger partial charge in [-0.05, 0) is 113 Å². The van der Waals surface area contributed by atoms with Crippen molar-refractivity contribution in [1.82, 2.24) is 4.98 Å². The molecular weight excluding hydrogens is 425 g/mol. The van der Waals surface area contributed by atoms with E-state index in [4.69, 9.17) is 4.98 Å². The molecule has 5 rings (SSSR count). The number of hydrogen-bond acceptors (Lipinski definition) is 3. The van der Waals surface area contributed by atoms with Crippen LogP contribution in [0.2, 0.25) is 0 Å². The normalized spacial score (nSPS) is 13.0. The third kappa shape index (κ3) is 3.91. The fourth-order valence-electron chi connectivity index (χ4n) is 5.66. The predicted molar refractivity (Wildman–Crippen MR) is 152 cm³/mol. The van der Waals surface area contributed by atoms with Crippen molar-refractivity contribution in [3.8, 4) is 22.4 Å². The van der Waals surface area contributed by atoms with Crippen molar-refractivity contribution >= 4 is 23.8 Å². The van der Waals surface area contributed by atoms with Crippen molar-refractivity contribution in [3.63, 3.8) is 0 Å². The minimum absolute atomic E-state index is 0.188. The highest BCUT2D eigenvalue weighted by molar-refractivity contribution is 6.82. The largest absolute Gasteiger partial charge is 0.411 e. The standard InChI is InChI=1S/C31H34BN3/c1-19-13-22(4)31(23(5)14-19)32-34(7)29-12-11-25(17-30(29)35(32)8)27-16-26(10-9-20(27)2)28-15-21(3)24(6)18-33-28/h9-18H,1-8H3. The molecule has 0 N–H and O–H groups in total. The molecule has 0 radical (unpaired) electrons. The number of nitrogens with zero attached hydrogens (tertiary/aromatic N) is 3. The number of rotatable bonds is 3. The number of aryl methyl sites for hydroxylation is 6. The molecule has 0 saturated heterocycles. The molecule has 0 aliphatic carbocycles. The van der Waals surface area contributed by atoms with Crippen LogP contribution in [0.25, 0.3) is 22.4 Å². The lowest BCUT2D eigenvalue weighted by molar-refractivity contribution is 1.22. The van der Waals surface area contributed by atoms with Gasteiger partial charge in [0.05, 0.1) is 5.69 Å². The molecule has 4 aromatic rings. The maximum absolute atomic E-state index is 4.70. The Morgan fingerprint density at radius 3 is 1.94 bits per heavy atom. The molecule has 0 saturated carbocycles. The van der Waals surface area contributed by atoms with E-state index in [1.54, 1.807) is 0 Å². The average Bonchev–Trinajstić information content (AvgIpc) is 3.05. The Bertz CT molecular complexity index is 1430. The van der Waals surface area contributed by atoms with E-state index in [9.17, 15) is 0 Å². The molecule has 0 amide bonds. The van der Waals surface area contributed by atoms with Crippen LogP contribution in [0.15, 0.2) is 60.8 Å². The van der Waals surface area contributed by atoms with E-state index in [-0.39, 0.29) is 6.98 Å². The molecule has 1 aromatic heterocycles. The first-order chi connectivity index (χ1) is 16.7. The summed E-state index contributed by atoms with van der Waals surface area (Å²) in [6.45, 7) is 13.3. The van der Waals surface area contributed by atoms with Crippen LogP contribution in [0, 0.1) is 41.5 Å². The number of benzene rings is 3. The maximum Gasteiger partial charge on any atom is 0.411 e. The van der Waals surface area contributed by atoms with E-state index >= 15 is 0 Å². The monoisotopic (exact) mass is 459 g/mol. The Hall–Kier alpha value is -3.53. The average molecular weight is 459 g/mol. The topological polar surface area (TPSA) is 19.4 Å². The second-order valence-corrected chi connectivity index (χ2v) is 10.3. The summed E-state index contributed by atoms with van der Waals surface area (Å²) in [6, 6.07) is 20.4. The second-order valence-electron chi connectivity index (χ2n) is 10.3. The van der Waals surface area contributed by atoms with Gasteiger partial charge in [0.2, 0.25) is 0 Å². The predicted octanol–water partition coefficient (Wildman–Crippen LogP) is 6.55. The highest BCUT2D eigenvalue weighted by atomic mass is 15.3. The number of hydrogen-bond donors (Lipinski definition) is 0. The van der Waals surface area contributed by atoms with Crippen molar-refractivity contribution in [2.45, 2.75) is 41.5 Å². The van der Waals surface area contributed by atoms with Gasteiger partial charge < -0.3 is 9.62 Å². The zero-order chi connectivity index (χ0) is 25.0. The quantitative estimate of drug-likeness (QED) is 0.324. The first kappa shape index (κ1) is 23.2. The fraction of sp³-hybridized carbons (Fsp3) is 0.258. The van der Waals surface area contributed by atoms with Crippen molar-refractivity contribution in [1.29, 1.82) is 0 Å². The highest BCUT2D eigenvalue weighted by Crippen LogP contribution is 2.40. The van der Waals surface area contributed by atoms with Crippen molar-refractivity contribution in [3.05, 3.63) is 94.2 Å². The summed E-state index contributed by atoms with van der Waals surface area (Å²) in [5.74, 6) is 0. The van der Waals surface area contributed by atoms with Crippen LogP contribution >= 0.6 is 0 Å². The number of anilines is 2. The van der Waals surface area contributed by atoms with E-state index in [1.165, 1.54) is 61.3 Å². The number of aromatic nitrogens is 1. The van der Waals surface area contributed by atoms with Gasteiger partial charge in [0.1, 0.15) is 0 Å². The van der Waals surface area contributed by atoms with Crippen LogP contribution in [0.5, 0.6) is 0 Å². The van der Waals surface area contributed by atoms with Gasteiger partial charge in [0, 0.05) is 23.1 Å². The van der Waals surface area contributed by atoms with Crippen molar-refractivity contribution in [2.24, 2.45) is 0 Å². The fourth-order valence-corrected chi connectivity index (χ4v) is 5.66. The summed E-state index contributed by atoms with van der Waals surface area (Å²) < 4.78 is 0.